The fourth-order valence-corrected chi connectivity index (χ4v) is 3.25. The Morgan fingerprint density at radius 1 is 1.27 bits per heavy atom. The molecule has 1 aliphatic rings. The number of phenols is 1. The van der Waals surface area contributed by atoms with Crippen LogP contribution in [0.5, 0.6) is 5.75 Å². The lowest BCUT2D eigenvalue weighted by atomic mass is 10.0. The number of H-pyrrole nitrogens is 1. The van der Waals surface area contributed by atoms with Gasteiger partial charge in [0.15, 0.2) is 0 Å². The maximum Gasteiger partial charge on any atom is 0.255 e. The summed E-state index contributed by atoms with van der Waals surface area (Å²) >= 11 is 0. The van der Waals surface area contributed by atoms with Crippen molar-refractivity contribution in [1.29, 1.82) is 0 Å². The van der Waals surface area contributed by atoms with Crippen molar-refractivity contribution in [3.8, 4) is 17.1 Å². The Morgan fingerprint density at radius 3 is 2.85 bits per heavy atom. The first-order valence-electron chi connectivity index (χ1n) is 8.48. The summed E-state index contributed by atoms with van der Waals surface area (Å²) in [7, 11) is 0. The fraction of sp³-hybridized carbons (Fsp3) is 0.263. The van der Waals surface area contributed by atoms with Crippen molar-refractivity contribution in [3.05, 3.63) is 69.7 Å². The normalized spacial score (nSPS) is 14.2. The fourth-order valence-electron chi connectivity index (χ4n) is 3.25. The molecule has 7 nitrogen and oxygen atoms in total. The van der Waals surface area contributed by atoms with Crippen molar-refractivity contribution in [1.82, 2.24) is 24.8 Å². The van der Waals surface area contributed by atoms with Crippen molar-refractivity contribution < 1.29 is 5.11 Å². The number of nitrogens with zero attached hydrogens (tertiary/aromatic N) is 4. The average Bonchev–Trinajstić information content (AvgIpc) is 2.66. The number of fused-ring (bicyclic) bond motifs is 1. The van der Waals surface area contributed by atoms with E-state index in [0.717, 1.165) is 36.3 Å². The minimum atomic E-state index is -0.111. The molecule has 7 heteroatoms. The van der Waals surface area contributed by atoms with Gasteiger partial charge in [0, 0.05) is 38.4 Å². The van der Waals surface area contributed by atoms with Gasteiger partial charge in [-0.3, -0.25) is 9.69 Å². The van der Waals surface area contributed by atoms with E-state index in [1.54, 1.807) is 18.5 Å². The first-order chi connectivity index (χ1) is 12.6. The second-order valence-corrected chi connectivity index (χ2v) is 6.55. The summed E-state index contributed by atoms with van der Waals surface area (Å²) in [6.07, 6.45) is 5.44. The standard InChI is InChI=1S/C19H19N5O2/c1-12-6-13(2-3-17(12)25)9-24-5-4-16-15(10-24)19(26)23-18(22-16)14-7-20-11-21-8-14/h2-3,6-8,11,25H,4-5,9-10H2,1H3,(H,22,23,26). The Hall–Kier alpha value is -3.06. The number of rotatable bonds is 3. The zero-order valence-electron chi connectivity index (χ0n) is 14.4. The van der Waals surface area contributed by atoms with Gasteiger partial charge in [-0.15, -0.1) is 0 Å². The van der Waals surface area contributed by atoms with E-state index < -0.39 is 0 Å². The Bertz CT molecular complexity index is 1000. The smallest absolute Gasteiger partial charge is 0.255 e. The highest BCUT2D eigenvalue weighted by atomic mass is 16.3. The molecule has 0 unspecified atom stereocenters. The third-order valence-electron chi connectivity index (χ3n) is 4.65. The number of aromatic amines is 1. The lowest BCUT2D eigenvalue weighted by Gasteiger charge is -2.27. The molecule has 1 aromatic carbocycles. The Morgan fingerprint density at radius 2 is 2.08 bits per heavy atom. The molecule has 1 aliphatic heterocycles. The predicted octanol–water partition coefficient (Wildman–Crippen LogP) is 1.80. The van der Waals surface area contributed by atoms with E-state index in [9.17, 15) is 9.90 Å². The van der Waals surface area contributed by atoms with Crippen LogP contribution in [0.1, 0.15) is 22.4 Å². The van der Waals surface area contributed by atoms with Gasteiger partial charge in [0.1, 0.15) is 17.9 Å². The Kier molecular flexibility index (Phi) is 4.22. The van der Waals surface area contributed by atoms with Gasteiger partial charge in [0.05, 0.1) is 16.8 Å². The molecule has 0 atom stereocenters. The summed E-state index contributed by atoms with van der Waals surface area (Å²) in [6.45, 7) is 4.00. The monoisotopic (exact) mass is 349 g/mol. The van der Waals surface area contributed by atoms with Crippen LogP contribution < -0.4 is 5.56 Å². The molecule has 2 aromatic heterocycles. The van der Waals surface area contributed by atoms with Gasteiger partial charge in [-0.1, -0.05) is 12.1 Å². The molecule has 0 saturated heterocycles. The van der Waals surface area contributed by atoms with Crippen molar-refractivity contribution in [2.75, 3.05) is 6.54 Å². The van der Waals surface area contributed by atoms with Crippen molar-refractivity contribution >= 4 is 0 Å². The number of hydrogen-bond acceptors (Lipinski definition) is 6. The summed E-state index contributed by atoms with van der Waals surface area (Å²) < 4.78 is 0. The topological polar surface area (TPSA) is 95.0 Å². The number of nitrogens with one attached hydrogen (secondary N) is 1. The number of aromatic nitrogens is 4. The van der Waals surface area contributed by atoms with E-state index in [1.165, 1.54) is 6.33 Å². The molecule has 3 heterocycles. The first kappa shape index (κ1) is 16.4. The van der Waals surface area contributed by atoms with Gasteiger partial charge in [-0.25, -0.2) is 15.0 Å². The predicted molar refractivity (Wildman–Crippen MR) is 96.5 cm³/mol. The van der Waals surface area contributed by atoms with Crippen LogP contribution >= 0.6 is 0 Å². The minimum absolute atomic E-state index is 0.111. The Balaban J connectivity index is 1.57. The molecule has 0 fully saturated rings. The molecule has 0 radical (unpaired) electrons. The summed E-state index contributed by atoms with van der Waals surface area (Å²) in [5.74, 6) is 0.813. The Labute approximate surface area is 150 Å². The van der Waals surface area contributed by atoms with E-state index in [4.69, 9.17) is 0 Å². The zero-order chi connectivity index (χ0) is 18.1. The summed E-state index contributed by atoms with van der Waals surface area (Å²) in [5.41, 5.74) is 4.12. The molecule has 0 saturated carbocycles. The van der Waals surface area contributed by atoms with E-state index in [1.807, 2.05) is 19.1 Å². The number of hydrogen-bond donors (Lipinski definition) is 2. The largest absolute Gasteiger partial charge is 0.508 e. The van der Waals surface area contributed by atoms with Crippen molar-refractivity contribution in [2.45, 2.75) is 26.4 Å². The highest BCUT2D eigenvalue weighted by molar-refractivity contribution is 5.52. The van der Waals surface area contributed by atoms with Crippen LogP contribution in [0.4, 0.5) is 0 Å². The zero-order valence-corrected chi connectivity index (χ0v) is 14.4. The van der Waals surface area contributed by atoms with Gasteiger partial charge >= 0.3 is 0 Å². The van der Waals surface area contributed by atoms with Crippen LogP contribution in [-0.4, -0.2) is 36.5 Å². The first-order valence-corrected chi connectivity index (χ1v) is 8.48. The van der Waals surface area contributed by atoms with Gasteiger partial charge in [0.25, 0.3) is 5.56 Å². The number of aryl methyl sites for hydroxylation is 1. The van der Waals surface area contributed by atoms with E-state index >= 15 is 0 Å². The highest BCUT2D eigenvalue weighted by Crippen LogP contribution is 2.21. The van der Waals surface area contributed by atoms with Crippen LogP contribution in [0, 0.1) is 6.92 Å². The summed E-state index contributed by atoms with van der Waals surface area (Å²) in [5, 5.41) is 9.66. The third-order valence-corrected chi connectivity index (χ3v) is 4.65. The molecule has 0 amide bonds. The van der Waals surface area contributed by atoms with E-state index in [2.05, 4.69) is 24.8 Å². The molecular weight excluding hydrogens is 330 g/mol. The maximum atomic E-state index is 12.6. The quantitative estimate of drug-likeness (QED) is 0.749. The molecule has 4 rings (SSSR count). The highest BCUT2D eigenvalue weighted by Gasteiger charge is 2.21. The molecule has 132 valence electrons. The number of benzene rings is 1. The van der Waals surface area contributed by atoms with Crippen LogP contribution in [-0.2, 0) is 19.5 Å². The SMILES string of the molecule is Cc1cc(CN2CCc3nc(-c4cncnc4)[nH]c(=O)c3C2)ccc1O. The summed E-state index contributed by atoms with van der Waals surface area (Å²) in [4.78, 5) is 30.2. The lowest BCUT2D eigenvalue weighted by Crippen LogP contribution is -2.35. The molecule has 3 aromatic rings. The summed E-state index contributed by atoms with van der Waals surface area (Å²) in [6, 6.07) is 5.61. The molecule has 2 N–H and O–H groups in total. The molecule has 0 aliphatic carbocycles. The van der Waals surface area contributed by atoms with E-state index in [0.29, 0.717) is 29.2 Å². The van der Waals surface area contributed by atoms with Crippen molar-refractivity contribution in [2.24, 2.45) is 0 Å². The van der Waals surface area contributed by atoms with Crippen LogP contribution in [0.15, 0.2) is 41.7 Å². The van der Waals surface area contributed by atoms with Crippen LogP contribution in [0.3, 0.4) is 0 Å². The number of phenolic OH excluding ortho intramolecular Hbond substituents is 1. The van der Waals surface area contributed by atoms with Gasteiger partial charge < -0.3 is 10.1 Å². The van der Waals surface area contributed by atoms with Gasteiger partial charge in [-0.05, 0) is 24.1 Å². The lowest BCUT2D eigenvalue weighted by molar-refractivity contribution is 0.241. The second kappa shape index (κ2) is 6.68. The number of aromatic hydroxyl groups is 1. The van der Waals surface area contributed by atoms with Crippen LogP contribution in [0.2, 0.25) is 0 Å². The van der Waals surface area contributed by atoms with E-state index in [-0.39, 0.29) is 5.56 Å². The van der Waals surface area contributed by atoms with Gasteiger partial charge in [0.2, 0.25) is 0 Å². The maximum absolute atomic E-state index is 12.6. The third kappa shape index (κ3) is 3.21. The van der Waals surface area contributed by atoms with Crippen molar-refractivity contribution in [3.63, 3.8) is 0 Å². The second-order valence-electron chi connectivity index (χ2n) is 6.55. The molecule has 26 heavy (non-hydrogen) atoms. The minimum Gasteiger partial charge on any atom is -0.508 e. The average molecular weight is 349 g/mol. The molecule has 0 spiro atoms. The van der Waals surface area contributed by atoms with Gasteiger partial charge in [-0.2, -0.15) is 0 Å². The molecular formula is C19H19N5O2. The van der Waals surface area contributed by atoms with Crippen LogP contribution in [0.25, 0.3) is 11.4 Å². The molecule has 0 bridgehead atoms.